The van der Waals surface area contributed by atoms with E-state index < -0.39 is 67.3 Å². The Kier molecular flexibility index (Phi) is 49.3. The SMILES string of the molecule is CC/C=C\C/C=C\C/C=C\C/C=C\C/C=C\CCCCCC(=O)OC1C(OCC(COC(=O)CCCCCC/C=C\C/C=C\C/C=C\C/C=C\CC)OC(=O)C/C=C\C/C=C\C/C=C\C/C=C\C/C=C\CC)OC(C(=O)O)C(O)C1O. The molecule has 81 heavy (non-hydrogen) atoms. The number of hydrogen-bond donors (Lipinski definition) is 3. The van der Waals surface area contributed by atoms with E-state index in [1.807, 2.05) is 18.2 Å². The fourth-order valence-electron chi connectivity index (χ4n) is 7.81. The Hall–Kier alpha value is -5.92. The number of carboxylic acids is 1. The normalized spacial score (nSPS) is 19.0. The van der Waals surface area contributed by atoms with Crippen LogP contribution >= 0.6 is 0 Å². The van der Waals surface area contributed by atoms with E-state index in [-0.39, 0.29) is 25.9 Å². The lowest BCUT2D eigenvalue weighted by molar-refractivity contribution is -0.301. The molecule has 450 valence electrons. The van der Waals surface area contributed by atoms with Crippen molar-refractivity contribution in [1.82, 2.24) is 0 Å². The van der Waals surface area contributed by atoms with Gasteiger partial charge in [0.25, 0.3) is 0 Å². The lowest BCUT2D eigenvalue weighted by Gasteiger charge is -2.40. The highest BCUT2D eigenvalue weighted by Crippen LogP contribution is 2.26. The van der Waals surface area contributed by atoms with Gasteiger partial charge in [-0.3, -0.25) is 14.4 Å². The number of carbonyl (C=O) groups excluding carboxylic acids is 3. The molecule has 12 heteroatoms. The van der Waals surface area contributed by atoms with E-state index in [1.165, 1.54) is 0 Å². The summed E-state index contributed by atoms with van der Waals surface area (Å²) in [4.78, 5) is 51.1. The van der Waals surface area contributed by atoms with E-state index in [4.69, 9.17) is 23.7 Å². The van der Waals surface area contributed by atoms with E-state index in [1.54, 1.807) is 6.08 Å². The number of aliphatic carboxylic acids is 1. The van der Waals surface area contributed by atoms with E-state index in [0.717, 1.165) is 128 Å². The van der Waals surface area contributed by atoms with Gasteiger partial charge in [-0.1, -0.05) is 210 Å². The Bertz CT molecular complexity index is 2060. The first kappa shape index (κ1) is 73.1. The van der Waals surface area contributed by atoms with Crippen LogP contribution in [-0.2, 0) is 42.9 Å². The molecule has 6 unspecified atom stereocenters. The highest BCUT2D eigenvalue weighted by molar-refractivity contribution is 5.74. The zero-order valence-electron chi connectivity index (χ0n) is 49.4. The van der Waals surface area contributed by atoms with Crippen LogP contribution in [0, 0.1) is 0 Å². The van der Waals surface area contributed by atoms with E-state index in [0.29, 0.717) is 19.3 Å². The summed E-state index contributed by atoms with van der Waals surface area (Å²) >= 11 is 0. The summed E-state index contributed by atoms with van der Waals surface area (Å²) in [5, 5.41) is 31.5. The van der Waals surface area contributed by atoms with E-state index >= 15 is 0 Å². The topological polar surface area (TPSA) is 175 Å². The minimum Gasteiger partial charge on any atom is -0.479 e. The number of esters is 3. The molecule has 1 fully saturated rings. The fourth-order valence-corrected chi connectivity index (χ4v) is 7.81. The summed E-state index contributed by atoms with van der Waals surface area (Å²) in [5.74, 6) is -3.40. The molecule has 1 rings (SSSR count). The minimum absolute atomic E-state index is 0.00264. The van der Waals surface area contributed by atoms with Crippen molar-refractivity contribution >= 4 is 23.9 Å². The molecule has 0 spiro atoms. The monoisotopic (exact) mass is 1120 g/mol. The number of ether oxygens (including phenoxy) is 5. The lowest BCUT2D eigenvalue weighted by atomic mass is 9.98. The molecule has 1 aliphatic heterocycles. The first-order chi connectivity index (χ1) is 39.6. The maximum absolute atomic E-state index is 13.1. The molecule has 12 nitrogen and oxygen atoms in total. The van der Waals surface area contributed by atoms with Crippen LogP contribution in [0.4, 0.5) is 0 Å². The Balaban J connectivity index is 2.78. The molecular weight excluding hydrogens is 1020 g/mol. The Morgan fingerprint density at radius 1 is 0.420 bits per heavy atom. The average molecular weight is 1120 g/mol. The number of carbonyl (C=O) groups is 4. The number of carboxylic acid groups (broad SMARTS) is 1. The van der Waals surface area contributed by atoms with Crippen molar-refractivity contribution < 1.29 is 58.2 Å². The summed E-state index contributed by atoms with van der Waals surface area (Å²) in [7, 11) is 0. The Morgan fingerprint density at radius 2 is 0.778 bits per heavy atom. The molecule has 0 bridgehead atoms. The van der Waals surface area contributed by atoms with Crippen molar-refractivity contribution in [3.8, 4) is 0 Å². The van der Waals surface area contributed by atoms with Gasteiger partial charge in [-0.25, -0.2) is 4.79 Å². The summed E-state index contributed by atoms with van der Waals surface area (Å²) in [6.45, 7) is 5.51. The molecule has 1 saturated heterocycles. The summed E-state index contributed by atoms with van der Waals surface area (Å²) in [6, 6.07) is 0. The maximum Gasteiger partial charge on any atom is 0.335 e. The minimum atomic E-state index is -1.94. The number of unbranched alkanes of at least 4 members (excludes halogenated alkanes) is 7. The van der Waals surface area contributed by atoms with Gasteiger partial charge < -0.3 is 39.0 Å². The highest BCUT2D eigenvalue weighted by atomic mass is 16.7. The average Bonchev–Trinajstić information content (AvgIpc) is 3.54. The zero-order valence-corrected chi connectivity index (χ0v) is 49.4. The predicted molar refractivity (Wildman–Crippen MR) is 330 cm³/mol. The predicted octanol–water partition coefficient (Wildman–Crippen LogP) is 15.9. The van der Waals surface area contributed by atoms with Crippen molar-refractivity contribution in [3.63, 3.8) is 0 Å². The fraction of sp³-hybridized carbons (Fsp3) is 0.536. The highest BCUT2D eigenvalue weighted by Gasteiger charge is 2.50. The molecule has 1 heterocycles. The number of allylic oxidation sites excluding steroid dienone is 27. The van der Waals surface area contributed by atoms with Gasteiger partial charge in [0.1, 0.15) is 18.8 Å². The first-order valence-corrected chi connectivity index (χ1v) is 30.1. The van der Waals surface area contributed by atoms with Crippen LogP contribution in [0.15, 0.2) is 170 Å². The summed E-state index contributed by atoms with van der Waals surface area (Å²) in [6.07, 6.45) is 69.1. The van der Waals surface area contributed by atoms with E-state index in [9.17, 15) is 34.5 Å². The van der Waals surface area contributed by atoms with Crippen molar-refractivity contribution in [2.24, 2.45) is 0 Å². The number of aliphatic hydroxyl groups excluding tert-OH is 2. The summed E-state index contributed by atoms with van der Waals surface area (Å²) < 4.78 is 28.3. The molecule has 0 aromatic heterocycles. The van der Waals surface area contributed by atoms with Gasteiger partial charge in [0.05, 0.1) is 13.0 Å². The summed E-state index contributed by atoms with van der Waals surface area (Å²) in [5.41, 5.74) is 0. The first-order valence-electron chi connectivity index (χ1n) is 30.1. The Morgan fingerprint density at radius 3 is 1.19 bits per heavy atom. The lowest BCUT2D eigenvalue weighted by Crippen LogP contribution is -2.61. The number of aliphatic hydroxyl groups is 2. The molecule has 6 atom stereocenters. The van der Waals surface area contributed by atoms with Gasteiger partial charge >= 0.3 is 23.9 Å². The van der Waals surface area contributed by atoms with Crippen LogP contribution in [0.1, 0.15) is 188 Å². The van der Waals surface area contributed by atoms with Crippen LogP contribution in [0.3, 0.4) is 0 Å². The Labute approximate surface area is 487 Å². The smallest absolute Gasteiger partial charge is 0.335 e. The van der Waals surface area contributed by atoms with Crippen LogP contribution in [-0.4, -0.2) is 89.2 Å². The molecule has 0 aromatic carbocycles. The van der Waals surface area contributed by atoms with Crippen molar-refractivity contribution in [2.45, 2.75) is 225 Å². The zero-order chi connectivity index (χ0) is 58.9. The molecule has 1 aliphatic rings. The molecular formula is C69H102O12. The van der Waals surface area contributed by atoms with Gasteiger partial charge in [-0.05, 0) is 128 Å². The number of rotatable bonds is 48. The second-order valence-electron chi connectivity index (χ2n) is 19.5. The van der Waals surface area contributed by atoms with Gasteiger partial charge in [0.15, 0.2) is 24.6 Å². The molecule has 0 amide bonds. The second kappa shape index (κ2) is 54.7. The third kappa shape index (κ3) is 44.4. The van der Waals surface area contributed by atoms with Gasteiger partial charge in [0.2, 0.25) is 0 Å². The molecule has 0 saturated carbocycles. The van der Waals surface area contributed by atoms with E-state index in [2.05, 4.69) is 167 Å². The molecule has 0 aliphatic carbocycles. The van der Waals surface area contributed by atoms with Gasteiger partial charge in [-0.2, -0.15) is 0 Å². The van der Waals surface area contributed by atoms with Crippen LogP contribution in [0.25, 0.3) is 0 Å². The molecule has 0 radical (unpaired) electrons. The van der Waals surface area contributed by atoms with Crippen LogP contribution < -0.4 is 0 Å². The van der Waals surface area contributed by atoms with Crippen molar-refractivity contribution in [3.05, 3.63) is 170 Å². The van der Waals surface area contributed by atoms with Crippen molar-refractivity contribution in [1.29, 1.82) is 0 Å². The van der Waals surface area contributed by atoms with Gasteiger partial charge in [0, 0.05) is 12.8 Å². The number of hydrogen-bond acceptors (Lipinski definition) is 11. The van der Waals surface area contributed by atoms with Crippen molar-refractivity contribution in [2.75, 3.05) is 13.2 Å². The third-order valence-electron chi connectivity index (χ3n) is 12.3. The maximum atomic E-state index is 13.1. The molecule has 0 aromatic rings. The standard InChI is InChI=1S/C69H102O12/c1-4-7-10-13-16-19-22-25-28-30-31-33-36-39-42-45-48-51-54-57-63(72)80-67-65(74)64(73)66(68(75)76)81-69(67)78-59-60(79-62(71)56-53-50-47-44-41-38-34-27-24-21-18-15-12-9-6-3)58-77-61(70)55-52-49-46-43-40-37-35-32-29-26-23-20-17-14-11-8-5-2/h7-12,16-21,25-29,31,33-35,37,39,41-42,44,50,53,60,64-67,69,73-74H,4-6,13-15,22-24,30,32,36,38,40,43,45-49,51-52,54-59H2,1-3H3,(H,75,76)/b10-7-,11-8-,12-9-,19-16-,20-17-,21-18-,28-25-,29-26-,33-31-,34-27-,37-35-,42-39-,44-41-,53-50-. The van der Waals surface area contributed by atoms with Crippen LogP contribution in [0.5, 0.6) is 0 Å². The van der Waals surface area contributed by atoms with Crippen LogP contribution in [0.2, 0.25) is 0 Å². The molecule has 3 N–H and O–H groups in total. The largest absolute Gasteiger partial charge is 0.479 e. The second-order valence-corrected chi connectivity index (χ2v) is 19.5. The van der Waals surface area contributed by atoms with Gasteiger partial charge in [-0.15, -0.1) is 0 Å². The quantitative estimate of drug-likeness (QED) is 0.0228. The third-order valence-corrected chi connectivity index (χ3v) is 12.3.